The molecular weight excluding hydrogens is 364 g/mol. The fraction of sp³-hybridized carbons (Fsp3) is 0.174. The maximum Gasteiger partial charge on any atom is 0.295 e. The van der Waals surface area contributed by atoms with E-state index in [1.165, 1.54) is 0 Å². The molecule has 1 saturated heterocycles. The lowest BCUT2D eigenvalue weighted by molar-refractivity contribution is -0.126. The fourth-order valence-corrected chi connectivity index (χ4v) is 3.81. The number of carbonyl (C=O) groups is 2. The topological polar surface area (TPSA) is 103 Å². The first kappa shape index (κ1) is 18.5. The van der Waals surface area contributed by atoms with E-state index in [1.807, 2.05) is 30.3 Å². The molecule has 2 aromatic carbocycles. The number of nitrogens with two attached hydrogens (primary N) is 1. The van der Waals surface area contributed by atoms with Gasteiger partial charge in [0.15, 0.2) is 0 Å². The van der Waals surface area contributed by atoms with Crippen molar-refractivity contribution in [3.63, 3.8) is 0 Å². The minimum absolute atomic E-state index is 0.334. The van der Waals surface area contributed by atoms with E-state index in [4.69, 9.17) is 5.73 Å². The van der Waals surface area contributed by atoms with Gasteiger partial charge in [0.25, 0.3) is 11.7 Å². The summed E-state index contributed by atoms with van der Waals surface area (Å²) in [5.74, 6) is -1.07. The summed E-state index contributed by atoms with van der Waals surface area (Å²) in [6, 6.07) is 17.1. The maximum absolute atomic E-state index is 12.8. The molecule has 0 bridgehead atoms. The molecule has 1 aliphatic rings. The van der Waals surface area contributed by atoms with Gasteiger partial charge in [-0.15, -0.1) is 0 Å². The number of carbonyl (C=O) groups excluding carboxylic acids is 2. The summed E-state index contributed by atoms with van der Waals surface area (Å²) in [5, 5.41) is 10.2. The SMILES string of the molecule is N#CC(=C1CCN(C(=O)C(=O)c2c[nH]c3c(N)cccc23)CC1)c1ccccc1. The van der Waals surface area contributed by atoms with Gasteiger partial charge in [-0.25, -0.2) is 0 Å². The molecule has 144 valence electrons. The molecule has 1 aromatic heterocycles. The van der Waals surface area contributed by atoms with Crippen molar-refractivity contribution >= 4 is 33.9 Å². The van der Waals surface area contributed by atoms with Gasteiger partial charge in [0, 0.05) is 24.7 Å². The molecule has 0 aliphatic carbocycles. The first-order chi connectivity index (χ1) is 14.1. The molecule has 6 heteroatoms. The van der Waals surface area contributed by atoms with Crippen LogP contribution in [0.15, 0.2) is 60.3 Å². The number of Topliss-reactive ketones (excluding diaryl/α,β-unsaturated/α-hetero) is 1. The van der Waals surface area contributed by atoms with Gasteiger partial charge in [0.2, 0.25) is 0 Å². The lowest BCUT2D eigenvalue weighted by Crippen LogP contribution is -2.40. The van der Waals surface area contributed by atoms with Gasteiger partial charge >= 0.3 is 0 Å². The van der Waals surface area contributed by atoms with E-state index in [9.17, 15) is 14.9 Å². The predicted molar refractivity (Wildman–Crippen MR) is 112 cm³/mol. The molecule has 2 heterocycles. The highest BCUT2D eigenvalue weighted by Gasteiger charge is 2.28. The van der Waals surface area contributed by atoms with Crippen LogP contribution in [0.3, 0.4) is 0 Å². The van der Waals surface area contributed by atoms with Gasteiger partial charge < -0.3 is 15.6 Å². The summed E-state index contributed by atoms with van der Waals surface area (Å²) in [4.78, 5) is 30.1. The second kappa shape index (κ2) is 7.64. The number of fused-ring (bicyclic) bond motifs is 1. The molecule has 1 fully saturated rings. The Kier molecular flexibility index (Phi) is 4.88. The fourth-order valence-electron chi connectivity index (χ4n) is 3.81. The number of rotatable bonds is 3. The Balaban J connectivity index is 1.52. The number of aromatic amines is 1. The summed E-state index contributed by atoms with van der Waals surface area (Å²) in [6.07, 6.45) is 2.70. The van der Waals surface area contributed by atoms with Crippen LogP contribution in [0.2, 0.25) is 0 Å². The quantitative estimate of drug-likeness (QED) is 0.312. The van der Waals surface area contributed by atoms with E-state index >= 15 is 0 Å². The number of anilines is 1. The molecule has 29 heavy (non-hydrogen) atoms. The molecule has 0 radical (unpaired) electrons. The number of aromatic nitrogens is 1. The molecule has 0 saturated carbocycles. The van der Waals surface area contributed by atoms with E-state index < -0.39 is 11.7 Å². The van der Waals surface area contributed by atoms with Gasteiger partial charge in [-0.2, -0.15) is 5.26 Å². The van der Waals surface area contributed by atoms with Crippen molar-refractivity contribution in [2.24, 2.45) is 0 Å². The second-order valence-electron chi connectivity index (χ2n) is 7.05. The largest absolute Gasteiger partial charge is 0.397 e. The van der Waals surface area contributed by atoms with Crippen LogP contribution in [0.25, 0.3) is 16.5 Å². The van der Waals surface area contributed by atoms with Crippen LogP contribution in [0.4, 0.5) is 5.69 Å². The van der Waals surface area contributed by atoms with Crippen molar-refractivity contribution in [1.29, 1.82) is 5.26 Å². The van der Waals surface area contributed by atoms with Crippen LogP contribution < -0.4 is 5.73 Å². The average Bonchev–Trinajstić information content (AvgIpc) is 3.20. The summed E-state index contributed by atoms with van der Waals surface area (Å²) < 4.78 is 0. The third-order valence-electron chi connectivity index (χ3n) is 5.37. The lowest BCUT2D eigenvalue weighted by Gasteiger charge is -2.28. The van der Waals surface area contributed by atoms with Gasteiger partial charge in [0.1, 0.15) is 0 Å². The van der Waals surface area contributed by atoms with Crippen molar-refractivity contribution in [1.82, 2.24) is 9.88 Å². The summed E-state index contributed by atoms with van der Waals surface area (Å²) in [7, 11) is 0. The molecule has 3 N–H and O–H groups in total. The first-order valence-corrected chi connectivity index (χ1v) is 9.47. The van der Waals surface area contributed by atoms with Gasteiger partial charge in [-0.05, 0) is 30.0 Å². The van der Waals surface area contributed by atoms with Gasteiger partial charge in [-0.1, -0.05) is 42.5 Å². The number of H-pyrrole nitrogens is 1. The minimum atomic E-state index is -0.544. The average molecular weight is 384 g/mol. The van der Waals surface area contributed by atoms with Crippen molar-refractivity contribution in [2.45, 2.75) is 12.8 Å². The number of nitrogen functional groups attached to an aromatic ring is 1. The number of likely N-dealkylation sites (tertiary alicyclic amines) is 1. The molecule has 1 amide bonds. The molecule has 0 unspecified atom stereocenters. The number of nitrogens with zero attached hydrogens (tertiary/aromatic N) is 2. The normalized spacial score (nSPS) is 13.9. The third kappa shape index (κ3) is 3.39. The Morgan fingerprint density at radius 2 is 1.76 bits per heavy atom. The summed E-state index contributed by atoms with van der Waals surface area (Å²) >= 11 is 0. The zero-order chi connectivity index (χ0) is 20.4. The van der Waals surface area contributed by atoms with E-state index in [1.54, 1.807) is 29.3 Å². The maximum atomic E-state index is 12.8. The number of ketones is 1. The molecule has 0 atom stereocenters. The van der Waals surface area contributed by atoms with E-state index in [0.29, 0.717) is 53.7 Å². The van der Waals surface area contributed by atoms with E-state index in [2.05, 4.69) is 11.1 Å². The number of benzene rings is 2. The zero-order valence-corrected chi connectivity index (χ0v) is 15.8. The van der Waals surface area contributed by atoms with Crippen molar-refractivity contribution in [3.05, 3.63) is 71.4 Å². The highest BCUT2D eigenvalue weighted by atomic mass is 16.2. The molecular formula is C23H20N4O2. The lowest BCUT2D eigenvalue weighted by atomic mass is 9.93. The van der Waals surface area contributed by atoms with Crippen molar-refractivity contribution in [3.8, 4) is 6.07 Å². The summed E-state index contributed by atoms with van der Waals surface area (Å²) in [5.41, 5.74) is 10.0. The van der Waals surface area contributed by atoms with Crippen molar-refractivity contribution < 1.29 is 9.59 Å². The zero-order valence-electron chi connectivity index (χ0n) is 15.8. The number of hydrogen-bond acceptors (Lipinski definition) is 4. The van der Waals surface area contributed by atoms with Crippen LogP contribution in [0.1, 0.15) is 28.8 Å². The molecule has 6 nitrogen and oxygen atoms in total. The number of hydrogen-bond donors (Lipinski definition) is 2. The smallest absolute Gasteiger partial charge is 0.295 e. The Bertz CT molecular complexity index is 1160. The monoisotopic (exact) mass is 384 g/mol. The Labute approximate surface area is 168 Å². The van der Waals surface area contributed by atoms with Gasteiger partial charge in [-0.3, -0.25) is 9.59 Å². The highest BCUT2D eigenvalue weighted by Crippen LogP contribution is 2.28. The number of piperidine rings is 1. The second-order valence-corrected chi connectivity index (χ2v) is 7.05. The Hall–Kier alpha value is -3.85. The first-order valence-electron chi connectivity index (χ1n) is 9.47. The van der Waals surface area contributed by atoms with Crippen LogP contribution in [-0.4, -0.2) is 34.7 Å². The number of nitriles is 1. The molecule has 3 aromatic rings. The predicted octanol–water partition coefficient (Wildman–Crippen LogP) is 3.53. The van der Waals surface area contributed by atoms with Crippen LogP contribution in [0.5, 0.6) is 0 Å². The number of para-hydroxylation sites is 1. The number of nitrogens with one attached hydrogen (secondary N) is 1. The van der Waals surface area contributed by atoms with Crippen LogP contribution in [0, 0.1) is 11.3 Å². The Morgan fingerprint density at radius 1 is 1.03 bits per heavy atom. The molecule has 4 rings (SSSR count). The molecule has 1 aliphatic heterocycles. The molecule has 0 spiro atoms. The minimum Gasteiger partial charge on any atom is -0.397 e. The third-order valence-corrected chi connectivity index (χ3v) is 5.37. The summed E-state index contributed by atoms with van der Waals surface area (Å²) in [6.45, 7) is 0.838. The van der Waals surface area contributed by atoms with Crippen molar-refractivity contribution in [2.75, 3.05) is 18.8 Å². The number of allylic oxidation sites excluding steroid dienone is 1. The van der Waals surface area contributed by atoms with Gasteiger partial charge in [0.05, 0.1) is 28.4 Å². The Morgan fingerprint density at radius 3 is 2.45 bits per heavy atom. The highest BCUT2D eigenvalue weighted by molar-refractivity contribution is 6.45. The number of amides is 1. The van der Waals surface area contributed by atoms with Crippen LogP contribution in [-0.2, 0) is 4.79 Å². The van der Waals surface area contributed by atoms with E-state index in [0.717, 1.165) is 11.1 Å². The van der Waals surface area contributed by atoms with Crippen LogP contribution >= 0.6 is 0 Å². The standard InChI is InChI=1S/C23H20N4O2/c24-13-18(15-5-2-1-3-6-15)16-9-11-27(12-10-16)23(29)22(28)19-14-26-21-17(19)7-4-8-20(21)25/h1-8,14,26H,9-12,25H2. The van der Waals surface area contributed by atoms with E-state index in [-0.39, 0.29) is 0 Å².